The van der Waals surface area contributed by atoms with Crippen LogP contribution in [0.15, 0.2) is 54.6 Å². The van der Waals surface area contributed by atoms with E-state index < -0.39 is 6.10 Å². The van der Waals surface area contributed by atoms with Crippen molar-refractivity contribution in [3.8, 4) is 5.75 Å². The average molecular weight is 465 g/mol. The third-order valence-electron chi connectivity index (χ3n) is 6.56. The van der Waals surface area contributed by atoms with Gasteiger partial charge in [-0.15, -0.1) is 0 Å². The largest absolute Gasteiger partial charge is 0.491 e. The highest BCUT2D eigenvalue weighted by atomic mass is 16.5. The molecule has 2 aliphatic rings. The molecule has 1 N–H and O–H groups in total. The number of aryl methyl sites for hydroxylation is 2. The first-order valence-corrected chi connectivity index (χ1v) is 12.3. The summed E-state index contributed by atoms with van der Waals surface area (Å²) in [4.78, 5) is 16.6. The second-order valence-electron chi connectivity index (χ2n) is 9.17. The molecule has 0 saturated carbocycles. The Hall–Kier alpha value is -2.67. The molecule has 1 unspecified atom stereocenters. The Kier molecular flexibility index (Phi) is 8.74. The standard InChI is InChI=1S/C28H36N2O4/c1-22-6-8-23(9-7-22)24-12-14-29(15-13-24)20-26(31)21-34-27-5-3-2-4-25(27)10-11-28(32)30-16-18-33-19-17-30/h2-9,12,26,31H,10-11,13-21H2,1H3. The minimum absolute atomic E-state index is 0.154. The maximum Gasteiger partial charge on any atom is 0.223 e. The second kappa shape index (κ2) is 12.2. The van der Waals surface area contributed by atoms with Crippen LogP contribution in [-0.4, -0.2) is 79.5 Å². The van der Waals surface area contributed by atoms with Crippen molar-refractivity contribution in [1.82, 2.24) is 9.80 Å². The molecule has 2 aromatic carbocycles. The Morgan fingerprint density at radius 3 is 2.59 bits per heavy atom. The highest BCUT2D eigenvalue weighted by Crippen LogP contribution is 2.23. The predicted molar refractivity (Wildman–Crippen MR) is 134 cm³/mol. The van der Waals surface area contributed by atoms with Gasteiger partial charge in [-0.3, -0.25) is 9.69 Å². The van der Waals surface area contributed by atoms with Crippen LogP contribution in [0.5, 0.6) is 5.75 Å². The molecule has 6 heteroatoms. The summed E-state index contributed by atoms with van der Waals surface area (Å²) in [5.41, 5.74) is 4.94. The number of aliphatic hydroxyl groups is 1. The number of β-amino-alcohol motifs (C(OH)–C–C–N with tert-alkyl or cyclic N) is 1. The maximum absolute atomic E-state index is 12.5. The smallest absolute Gasteiger partial charge is 0.223 e. The van der Waals surface area contributed by atoms with Crippen LogP contribution in [0.2, 0.25) is 0 Å². The van der Waals surface area contributed by atoms with Gasteiger partial charge in [0.25, 0.3) is 0 Å². The van der Waals surface area contributed by atoms with Crippen molar-refractivity contribution in [2.45, 2.75) is 32.3 Å². The van der Waals surface area contributed by atoms with Gasteiger partial charge in [0.15, 0.2) is 0 Å². The van der Waals surface area contributed by atoms with Gasteiger partial charge < -0.3 is 19.5 Å². The van der Waals surface area contributed by atoms with E-state index in [0.717, 1.165) is 30.8 Å². The Labute approximate surface area is 202 Å². The number of carbonyl (C=O) groups excluding carboxylic acids is 1. The van der Waals surface area contributed by atoms with Crippen molar-refractivity contribution in [3.63, 3.8) is 0 Å². The highest BCUT2D eigenvalue weighted by Gasteiger charge is 2.19. The van der Waals surface area contributed by atoms with Gasteiger partial charge in [-0.2, -0.15) is 0 Å². The number of rotatable bonds is 9. The van der Waals surface area contributed by atoms with Crippen molar-refractivity contribution < 1.29 is 19.4 Å². The second-order valence-corrected chi connectivity index (χ2v) is 9.17. The zero-order valence-electron chi connectivity index (χ0n) is 20.1. The fourth-order valence-electron chi connectivity index (χ4n) is 4.51. The molecule has 6 nitrogen and oxygen atoms in total. The summed E-state index contributed by atoms with van der Waals surface area (Å²) in [6, 6.07) is 16.5. The monoisotopic (exact) mass is 464 g/mol. The summed E-state index contributed by atoms with van der Waals surface area (Å²) in [6.45, 7) is 7.25. The Balaban J connectivity index is 1.23. The van der Waals surface area contributed by atoms with E-state index in [4.69, 9.17) is 9.47 Å². The number of hydrogen-bond acceptors (Lipinski definition) is 5. The number of benzene rings is 2. The number of ether oxygens (including phenoxy) is 2. The van der Waals surface area contributed by atoms with Crippen molar-refractivity contribution in [2.24, 2.45) is 0 Å². The lowest BCUT2D eigenvalue weighted by Crippen LogP contribution is -2.40. The number of morpholine rings is 1. The molecular formula is C28H36N2O4. The number of amides is 1. The average Bonchev–Trinajstić information content (AvgIpc) is 2.88. The van der Waals surface area contributed by atoms with E-state index in [0.29, 0.717) is 45.7 Å². The molecule has 2 aromatic rings. The molecule has 2 aliphatic heterocycles. The normalized spacial score (nSPS) is 17.8. The SMILES string of the molecule is Cc1ccc(C2=CCN(CC(O)COc3ccccc3CCC(=O)N3CCOCC3)CC2)cc1. The number of hydrogen-bond donors (Lipinski definition) is 1. The molecule has 0 spiro atoms. The molecule has 1 amide bonds. The third-order valence-corrected chi connectivity index (χ3v) is 6.56. The quantitative estimate of drug-likeness (QED) is 0.617. The van der Waals surface area contributed by atoms with E-state index in [1.54, 1.807) is 0 Å². The van der Waals surface area contributed by atoms with Gasteiger partial charge in [0.2, 0.25) is 5.91 Å². The van der Waals surface area contributed by atoms with Crippen LogP contribution in [0.1, 0.15) is 29.5 Å². The molecule has 182 valence electrons. The van der Waals surface area contributed by atoms with E-state index in [-0.39, 0.29) is 12.5 Å². The minimum atomic E-state index is -0.572. The van der Waals surface area contributed by atoms with Crippen LogP contribution >= 0.6 is 0 Å². The lowest BCUT2D eigenvalue weighted by atomic mass is 9.98. The first kappa shape index (κ1) is 24.5. The topological polar surface area (TPSA) is 62.2 Å². The number of carbonyl (C=O) groups is 1. The maximum atomic E-state index is 12.5. The van der Waals surface area contributed by atoms with E-state index in [1.807, 2.05) is 29.2 Å². The summed E-state index contributed by atoms with van der Waals surface area (Å²) in [5, 5.41) is 10.6. The molecular weight excluding hydrogens is 428 g/mol. The molecule has 2 heterocycles. The van der Waals surface area contributed by atoms with Crippen molar-refractivity contribution in [2.75, 3.05) is 52.5 Å². The van der Waals surface area contributed by atoms with Crippen molar-refractivity contribution >= 4 is 11.5 Å². The van der Waals surface area contributed by atoms with Gasteiger partial charge in [0.1, 0.15) is 18.5 Å². The molecule has 34 heavy (non-hydrogen) atoms. The van der Waals surface area contributed by atoms with Crippen molar-refractivity contribution in [1.29, 1.82) is 0 Å². The Morgan fingerprint density at radius 2 is 1.85 bits per heavy atom. The van der Waals surface area contributed by atoms with Crippen LogP contribution in [0.4, 0.5) is 0 Å². The third kappa shape index (κ3) is 6.92. The van der Waals surface area contributed by atoms with Crippen LogP contribution in [0, 0.1) is 6.92 Å². The predicted octanol–water partition coefficient (Wildman–Crippen LogP) is 3.32. The van der Waals surface area contributed by atoms with E-state index >= 15 is 0 Å². The molecule has 1 atom stereocenters. The first-order valence-electron chi connectivity index (χ1n) is 12.3. The first-order chi connectivity index (χ1) is 16.6. The lowest BCUT2D eigenvalue weighted by Gasteiger charge is -2.28. The molecule has 0 radical (unpaired) electrons. The highest BCUT2D eigenvalue weighted by molar-refractivity contribution is 5.76. The fourth-order valence-corrected chi connectivity index (χ4v) is 4.51. The van der Waals surface area contributed by atoms with Crippen LogP contribution < -0.4 is 4.74 Å². The number of aliphatic hydroxyl groups excluding tert-OH is 1. The minimum Gasteiger partial charge on any atom is -0.491 e. The fraction of sp³-hybridized carbons (Fsp3) is 0.464. The van der Waals surface area contributed by atoms with Crippen LogP contribution in [0.3, 0.4) is 0 Å². The summed E-state index contributed by atoms with van der Waals surface area (Å²) in [7, 11) is 0. The molecule has 0 bridgehead atoms. The Bertz CT molecular complexity index is 967. The number of para-hydroxylation sites is 1. The molecule has 0 aromatic heterocycles. The van der Waals surface area contributed by atoms with Crippen molar-refractivity contribution in [3.05, 3.63) is 71.3 Å². The summed E-state index contributed by atoms with van der Waals surface area (Å²) in [5.74, 6) is 0.901. The van der Waals surface area contributed by atoms with Gasteiger partial charge in [-0.05, 0) is 42.5 Å². The zero-order chi connectivity index (χ0) is 23.8. The molecule has 0 aliphatic carbocycles. The molecule has 1 saturated heterocycles. The van der Waals surface area contributed by atoms with E-state index in [2.05, 4.69) is 42.2 Å². The van der Waals surface area contributed by atoms with E-state index in [9.17, 15) is 9.90 Å². The van der Waals surface area contributed by atoms with Gasteiger partial charge in [0, 0.05) is 39.1 Å². The summed E-state index contributed by atoms with van der Waals surface area (Å²) >= 11 is 0. The zero-order valence-corrected chi connectivity index (χ0v) is 20.1. The molecule has 4 rings (SSSR count). The summed E-state index contributed by atoms with van der Waals surface area (Å²) < 4.78 is 11.3. The van der Waals surface area contributed by atoms with Gasteiger partial charge >= 0.3 is 0 Å². The van der Waals surface area contributed by atoms with Gasteiger partial charge in [-0.25, -0.2) is 0 Å². The van der Waals surface area contributed by atoms with Gasteiger partial charge in [-0.1, -0.05) is 54.1 Å². The Morgan fingerprint density at radius 1 is 1.09 bits per heavy atom. The van der Waals surface area contributed by atoms with E-state index in [1.165, 1.54) is 16.7 Å². The van der Waals surface area contributed by atoms with Gasteiger partial charge in [0.05, 0.1) is 13.2 Å². The summed E-state index contributed by atoms with van der Waals surface area (Å²) in [6.07, 6.45) is 3.75. The molecule has 1 fully saturated rings. The number of nitrogens with zero attached hydrogens (tertiary/aromatic N) is 2. The van der Waals surface area contributed by atoms with Crippen LogP contribution in [0.25, 0.3) is 5.57 Å². The lowest BCUT2D eigenvalue weighted by molar-refractivity contribution is -0.135. The van der Waals surface area contributed by atoms with Crippen LogP contribution in [-0.2, 0) is 16.0 Å².